The van der Waals surface area contributed by atoms with Crippen molar-refractivity contribution in [2.24, 2.45) is 5.73 Å². The maximum atomic E-state index is 5.51. The van der Waals surface area contributed by atoms with E-state index in [2.05, 4.69) is 10.3 Å². The summed E-state index contributed by atoms with van der Waals surface area (Å²) in [6.45, 7) is 1.95. The van der Waals surface area contributed by atoms with E-state index in [9.17, 15) is 0 Å². The van der Waals surface area contributed by atoms with Crippen molar-refractivity contribution >= 4 is 11.3 Å². The van der Waals surface area contributed by atoms with Crippen molar-refractivity contribution in [3.63, 3.8) is 0 Å². The number of nitrogens with two attached hydrogens (primary N) is 1. The Morgan fingerprint density at radius 2 is 2.44 bits per heavy atom. The number of nitrogens with one attached hydrogen (secondary N) is 1. The first-order valence-electron chi connectivity index (χ1n) is 6.25. The highest BCUT2D eigenvalue weighted by Gasteiger charge is 2.14. The highest BCUT2D eigenvalue weighted by molar-refractivity contribution is 7.11. The van der Waals surface area contributed by atoms with Gasteiger partial charge >= 0.3 is 0 Å². The van der Waals surface area contributed by atoms with Crippen LogP contribution in [0.25, 0.3) is 0 Å². The van der Waals surface area contributed by atoms with Crippen LogP contribution in [-0.4, -0.2) is 24.1 Å². The van der Waals surface area contributed by atoms with Crippen molar-refractivity contribution in [1.82, 2.24) is 10.3 Å². The van der Waals surface area contributed by atoms with Gasteiger partial charge in [0.15, 0.2) is 0 Å². The number of hydrogen-bond donors (Lipinski definition) is 2. The van der Waals surface area contributed by atoms with Gasteiger partial charge in [-0.2, -0.15) is 0 Å². The van der Waals surface area contributed by atoms with Gasteiger partial charge in [0, 0.05) is 23.5 Å². The summed E-state index contributed by atoms with van der Waals surface area (Å²) in [5.41, 5.74) is 5.51. The molecule has 0 spiro atoms. The molecule has 0 aromatic carbocycles. The molecular weight excluding hydrogens is 218 g/mol. The predicted molar refractivity (Wildman–Crippen MR) is 68.8 cm³/mol. The molecule has 1 unspecified atom stereocenters. The summed E-state index contributed by atoms with van der Waals surface area (Å²) in [7, 11) is 0. The first-order chi connectivity index (χ1) is 7.88. The number of thiazole rings is 1. The fourth-order valence-corrected chi connectivity index (χ4v) is 3.19. The average molecular weight is 239 g/mol. The summed E-state index contributed by atoms with van der Waals surface area (Å²) in [6, 6.07) is 0.655. The zero-order valence-corrected chi connectivity index (χ0v) is 10.6. The fraction of sp³-hybridized carbons (Fsp3) is 0.750. The number of rotatable bonds is 5. The Morgan fingerprint density at radius 3 is 3.19 bits per heavy atom. The molecule has 2 rings (SSSR count). The molecule has 0 bridgehead atoms. The molecule has 4 heteroatoms. The van der Waals surface area contributed by atoms with Crippen LogP contribution in [0.5, 0.6) is 0 Å². The highest BCUT2D eigenvalue weighted by atomic mass is 32.1. The molecule has 16 heavy (non-hydrogen) atoms. The highest BCUT2D eigenvalue weighted by Crippen LogP contribution is 2.18. The van der Waals surface area contributed by atoms with Gasteiger partial charge in [-0.3, -0.25) is 0 Å². The number of piperidine rings is 1. The van der Waals surface area contributed by atoms with Crippen molar-refractivity contribution < 1.29 is 0 Å². The van der Waals surface area contributed by atoms with Crippen LogP contribution in [0, 0.1) is 0 Å². The summed E-state index contributed by atoms with van der Waals surface area (Å²) in [4.78, 5) is 5.89. The van der Waals surface area contributed by atoms with Crippen LogP contribution in [0.4, 0.5) is 0 Å². The lowest BCUT2D eigenvalue weighted by atomic mass is 10.0. The van der Waals surface area contributed by atoms with Gasteiger partial charge in [0.2, 0.25) is 0 Å². The molecule has 1 aliphatic heterocycles. The van der Waals surface area contributed by atoms with Gasteiger partial charge in [-0.15, -0.1) is 11.3 Å². The lowest BCUT2D eigenvalue weighted by Gasteiger charge is -2.22. The largest absolute Gasteiger partial charge is 0.330 e. The monoisotopic (exact) mass is 239 g/mol. The standard InChI is InChI=1S/C12H21N3S/c13-6-3-5-11-9-15-12(16-11)8-10-4-1-2-7-14-10/h9-10,14H,1-8,13H2. The topological polar surface area (TPSA) is 50.9 Å². The zero-order valence-electron chi connectivity index (χ0n) is 9.74. The summed E-state index contributed by atoms with van der Waals surface area (Å²) >= 11 is 1.86. The van der Waals surface area contributed by atoms with Crippen LogP contribution in [0.3, 0.4) is 0 Å². The van der Waals surface area contributed by atoms with E-state index in [1.807, 2.05) is 17.5 Å². The van der Waals surface area contributed by atoms with Crippen LogP contribution in [-0.2, 0) is 12.8 Å². The van der Waals surface area contributed by atoms with Gasteiger partial charge in [-0.05, 0) is 38.8 Å². The molecule has 90 valence electrons. The minimum absolute atomic E-state index is 0.655. The van der Waals surface area contributed by atoms with Gasteiger partial charge in [0.05, 0.1) is 5.01 Å². The normalized spacial score (nSPS) is 21.2. The third kappa shape index (κ3) is 3.54. The Morgan fingerprint density at radius 1 is 1.50 bits per heavy atom. The SMILES string of the molecule is NCCCc1cnc(CC2CCCCN2)s1. The number of aryl methyl sites for hydroxylation is 1. The van der Waals surface area contributed by atoms with E-state index in [0.29, 0.717) is 6.04 Å². The fourth-order valence-electron chi connectivity index (χ4n) is 2.14. The van der Waals surface area contributed by atoms with Gasteiger partial charge in [-0.1, -0.05) is 6.42 Å². The third-order valence-electron chi connectivity index (χ3n) is 3.06. The van der Waals surface area contributed by atoms with E-state index in [1.54, 1.807) is 0 Å². The van der Waals surface area contributed by atoms with Gasteiger partial charge in [-0.25, -0.2) is 4.98 Å². The maximum Gasteiger partial charge on any atom is 0.0943 e. The van der Waals surface area contributed by atoms with Crippen molar-refractivity contribution in [2.45, 2.75) is 44.6 Å². The average Bonchev–Trinajstić information content (AvgIpc) is 2.75. The first kappa shape index (κ1) is 12.0. The number of hydrogen-bond acceptors (Lipinski definition) is 4. The molecule has 3 N–H and O–H groups in total. The van der Waals surface area contributed by atoms with Crippen LogP contribution in [0.2, 0.25) is 0 Å². The molecule has 1 aliphatic rings. The Bertz CT molecular complexity index is 305. The van der Waals surface area contributed by atoms with Gasteiger partial charge in [0.25, 0.3) is 0 Å². The quantitative estimate of drug-likeness (QED) is 0.822. The molecule has 1 aromatic rings. The molecule has 0 aliphatic carbocycles. The second-order valence-electron chi connectivity index (χ2n) is 4.46. The van der Waals surface area contributed by atoms with E-state index in [-0.39, 0.29) is 0 Å². The Labute approximate surface area is 101 Å². The second kappa shape index (κ2) is 6.33. The van der Waals surface area contributed by atoms with Gasteiger partial charge in [0.1, 0.15) is 0 Å². The molecule has 3 nitrogen and oxygen atoms in total. The zero-order chi connectivity index (χ0) is 11.2. The Kier molecular flexibility index (Phi) is 4.75. The van der Waals surface area contributed by atoms with Crippen LogP contribution in [0.1, 0.15) is 35.6 Å². The third-order valence-corrected chi connectivity index (χ3v) is 4.14. The van der Waals surface area contributed by atoms with Gasteiger partial charge < -0.3 is 11.1 Å². The summed E-state index contributed by atoms with van der Waals surface area (Å²) < 4.78 is 0. The second-order valence-corrected chi connectivity index (χ2v) is 5.66. The van der Waals surface area contributed by atoms with E-state index in [4.69, 9.17) is 5.73 Å². The summed E-state index contributed by atoms with van der Waals surface area (Å²) in [5.74, 6) is 0. The van der Waals surface area contributed by atoms with E-state index in [0.717, 1.165) is 25.8 Å². The predicted octanol–water partition coefficient (Wildman–Crippen LogP) is 1.72. The molecule has 1 atom stereocenters. The minimum Gasteiger partial charge on any atom is -0.330 e. The molecule has 2 heterocycles. The van der Waals surface area contributed by atoms with Crippen LogP contribution in [0.15, 0.2) is 6.20 Å². The molecule has 1 saturated heterocycles. The molecule has 1 aromatic heterocycles. The lowest BCUT2D eigenvalue weighted by Crippen LogP contribution is -2.35. The number of aromatic nitrogens is 1. The van der Waals surface area contributed by atoms with Crippen LogP contribution < -0.4 is 11.1 Å². The molecular formula is C12H21N3S. The first-order valence-corrected chi connectivity index (χ1v) is 7.07. The Hall–Kier alpha value is -0.450. The molecule has 0 saturated carbocycles. The molecule has 0 radical (unpaired) electrons. The van der Waals surface area contributed by atoms with Crippen LogP contribution >= 0.6 is 11.3 Å². The summed E-state index contributed by atoms with van der Waals surface area (Å²) in [5, 5.41) is 4.85. The lowest BCUT2D eigenvalue weighted by molar-refractivity contribution is 0.399. The van der Waals surface area contributed by atoms with E-state index < -0.39 is 0 Å². The van der Waals surface area contributed by atoms with E-state index in [1.165, 1.54) is 35.7 Å². The molecule has 0 amide bonds. The van der Waals surface area contributed by atoms with Crippen molar-refractivity contribution in [2.75, 3.05) is 13.1 Å². The maximum absolute atomic E-state index is 5.51. The minimum atomic E-state index is 0.655. The van der Waals surface area contributed by atoms with Crippen molar-refractivity contribution in [3.8, 4) is 0 Å². The Balaban J connectivity index is 1.81. The van der Waals surface area contributed by atoms with E-state index >= 15 is 0 Å². The van der Waals surface area contributed by atoms with Crippen molar-refractivity contribution in [3.05, 3.63) is 16.1 Å². The number of nitrogens with zero attached hydrogens (tertiary/aromatic N) is 1. The summed E-state index contributed by atoms with van der Waals surface area (Å²) in [6.07, 6.45) is 9.29. The van der Waals surface area contributed by atoms with Crippen molar-refractivity contribution in [1.29, 1.82) is 0 Å². The smallest absolute Gasteiger partial charge is 0.0943 e. The molecule has 1 fully saturated rings.